The van der Waals surface area contributed by atoms with E-state index in [2.05, 4.69) is 4.57 Å². The minimum Gasteiger partial charge on any atom is -0.312 e. The van der Waals surface area contributed by atoms with Gasteiger partial charge in [0.15, 0.2) is 4.80 Å². The molecule has 1 aromatic heterocycles. The van der Waals surface area contributed by atoms with Gasteiger partial charge < -0.3 is 4.57 Å². The Morgan fingerprint density at radius 2 is 1.71 bits per heavy atom. The fourth-order valence-corrected chi connectivity index (χ4v) is 4.24. The van der Waals surface area contributed by atoms with Crippen LogP contribution in [0.15, 0.2) is 83.2 Å². The molecule has 3 aromatic carbocycles. The van der Waals surface area contributed by atoms with E-state index in [0.29, 0.717) is 22.3 Å². The van der Waals surface area contributed by atoms with Gasteiger partial charge in [-0.3, -0.25) is 10.1 Å². The molecule has 1 heterocycles. The standard InChI is InChI=1S/C22H15Cl2N3O2S.BrH/c23-17-8-11-19(24)20(12-17)25-22-26(13-15-4-2-1-3-5-15)21(14-30-22)16-6-9-18(10-7-16)27(28)29;/h1-12,14H,13H2;1H. The molecule has 5 nitrogen and oxygen atoms in total. The molecule has 158 valence electrons. The van der Waals surface area contributed by atoms with Gasteiger partial charge in [-0.25, -0.2) is 4.99 Å². The molecule has 0 spiro atoms. The van der Waals surface area contributed by atoms with E-state index in [1.54, 1.807) is 30.3 Å². The Hall–Kier alpha value is -2.45. The summed E-state index contributed by atoms with van der Waals surface area (Å²) in [6, 6.07) is 21.7. The fourth-order valence-electron chi connectivity index (χ4n) is 3.00. The molecule has 4 aromatic rings. The van der Waals surface area contributed by atoms with Gasteiger partial charge in [-0.15, -0.1) is 28.3 Å². The molecule has 0 saturated carbocycles. The van der Waals surface area contributed by atoms with Crippen molar-refractivity contribution < 1.29 is 4.92 Å². The van der Waals surface area contributed by atoms with Crippen LogP contribution in [0.4, 0.5) is 11.4 Å². The molecule has 0 amide bonds. The highest BCUT2D eigenvalue weighted by Crippen LogP contribution is 2.29. The average molecular weight is 537 g/mol. The molecule has 0 bridgehead atoms. The number of nitro groups is 1. The number of aromatic nitrogens is 1. The van der Waals surface area contributed by atoms with Crippen molar-refractivity contribution in [1.82, 2.24) is 4.57 Å². The summed E-state index contributed by atoms with van der Waals surface area (Å²) in [6.07, 6.45) is 0. The van der Waals surface area contributed by atoms with E-state index in [1.807, 2.05) is 35.7 Å². The Balaban J connectivity index is 0.00000272. The Morgan fingerprint density at radius 1 is 1.00 bits per heavy atom. The third kappa shape index (κ3) is 5.43. The van der Waals surface area contributed by atoms with Crippen LogP contribution in [-0.2, 0) is 6.54 Å². The minimum absolute atomic E-state index is 0. The summed E-state index contributed by atoms with van der Waals surface area (Å²) in [7, 11) is 0. The highest BCUT2D eigenvalue weighted by atomic mass is 79.9. The first-order chi connectivity index (χ1) is 14.5. The van der Waals surface area contributed by atoms with Gasteiger partial charge >= 0.3 is 0 Å². The first kappa shape index (κ1) is 23.2. The second kappa shape index (κ2) is 10.2. The number of hydrogen-bond donors (Lipinski definition) is 0. The fraction of sp³-hybridized carbons (Fsp3) is 0.0455. The van der Waals surface area contributed by atoms with Crippen LogP contribution in [0.25, 0.3) is 11.3 Å². The zero-order valence-corrected chi connectivity index (χ0v) is 20.0. The summed E-state index contributed by atoms with van der Waals surface area (Å²) in [5, 5.41) is 14.0. The van der Waals surface area contributed by atoms with Gasteiger partial charge in [-0.05, 0) is 41.5 Å². The summed E-state index contributed by atoms with van der Waals surface area (Å²) in [5.74, 6) is 0. The number of rotatable bonds is 5. The molecule has 9 heteroatoms. The Bertz CT molecular complexity index is 1270. The third-order valence-corrected chi connectivity index (χ3v) is 5.90. The van der Waals surface area contributed by atoms with Crippen LogP contribution in [-0.4, -0.2) is 9.49 Å². The molecular weight excluding hydrogens is 521 g/mol. The Morgan fingerprint density at radius 3 is 2.39 bits per heavy atom. The third-order valence-electron chi connectivity index (χ3n) is 4.48. The molecule has 0 unspecified atom stereocenters. The highest BCUT2D eigenvalue weighted by molar-refractivity contribution is 8.93. The predicted molar refractivity (Wildman–Crippen MR) is 132 cm³/mol. The molecule has 0 N–H and O–H groups in total. The van der Waals surface area contributed by atoms with Gasteiger partial charge in [0.05, 0.1) is 27.9 Å². The summed E-state index contributed by atoms with van der Waals surface area (Å²) < 4.78 is 2.07. The average Bonchev–Trinajstić information content (AvgIpc) is 3.13. The van der Waals surface area contributed by atoms with Crippen molar-refractivity contribution in [1.29, 1.82) is 0 Å². The largest absolute Gasteiger partial charge is 0.312 e. The Labute approximate surface area is 203 Å². The number of hydrogen-bond acceptors (Lipinski definition) is 4. The first-order valence-electron chi connectivity index (χ1n) is 8.98. The van der Waals surface area contributed by atoms with Crippen LogP contribution in [0.3, 0.4) is 0 Å². The molecule has 4 rings (SSSR count). The van der Waals surface area contributed by atoms with Crippen LogP contribution in [0.5, 0.6) is 0 Å². The monoisotopic (exact) mass is 535 g/mol. The number of benzene rings is 3. The molecule has 31 heavy (non-hydrogen) atoms. The van der Waals surface area contributed by atoms with E-state index in [-0.39, 0.29) is 22.7 Å². The van der Waals surface area contributed by atoms with Gasteiger partial charge in [-0.1, -0.05) is 53.5 Å². The summed E-state index contributed by atoms with van der Waals surface area (Å²) in [5.41, 5.74) is 3.53. The van der Waals surface area contributed by atoms with Gasteiger partial charge in [0.1, 0.15) is 0 Å². The zero-order valence-electron chi connectivity index (χ0n) is 15.9. The van der Waals surface area contributed by atoms with E-state index in [9.17, 15) is 10.1 Å². The van der Waals surface area contributed by atoms with Gasteiger partial charge in [0.2, 0.25) is 0 Å². The van der Waals surface area contributed by atoms with Crippen LogP contribution >= 0.6 is 51.5 Å². The van der Waals surface area contributed by atoms with E-state index in [0.717, 1.165) is 21.6 Å². The molecule has 0 saturated heterocycles. The zero-order chi connectivity index (χ0) is 21.1. The van der Waals surface area contributed by atoms with Crippen molar-refractivity contribution in [2.45, 2.75) is 6.54 Å². The maximum atomic E-state index is 11.0. The molecule has 0 aliphatic heterocycles. The maximum absolute atomic E-state index is 11.0. The summed E-state index contributed by atoms with van der Waals surface area (Å²) in [4.78, 5) is 16.1. The van der Waals surface area contributed by atoms with Crippen LogP contribution in [0.2, 0.25) is 10.0 Å². The van der Waals surface area contributed by atoms with Crippen LogP contribution in [0.1, 0.15) is 5.56 Å². The smallest absolute Gasteiger partial charge is 0.269 e. The number of nitrogens with zero attached hydrogens (tertiary/aromatic N) is 3. The number of non-ortho nitro benzene ring substituents is 1. The lowest BCUT2D eigenvalue weighted by Crippen LogP contribution is -2.16. The van der Waals surface area contributed by atoms with Crippen LogP contribution in [0, 0.1) is 10.1 Å². The predicted octanol–water partition coefficient (Wildman–Crippen LogP) is 7.29. The molecule has 0 aliphatic carbocycles. The van der Waals surface area contributed by atoms with Gasteiger partial charge in [0, 0.05) is 22.5 Å². The quantitative estimate of drug-likeness (QED) is 0.198. The van der Waals surface area contributed by atoms with Gasteiger partial charge in [-0.2, -0.15) is 0 Å². The van der Waals surface area contributed by atoms with E-state index in [4.69, 9.17) is 28.2 Å². The normalized spacial score (nSPS) is 11.2. The summed E-state index contributed by atoms with van der Waals surface area (Å²) in [6.45, 7) is 0.591. The molecular formula is C22H16BrCl2N3O2S. The van der Waals surface area contributed by atoms with E-state index >= 15 is 0 Å². The minimum atomic E-state index is -0.405. The van der Waals surface area contributed by atoms with Gasteiger partial charge in [0.25, 0.3) is 5.69 Å². The van der Waals surface area contributed by atoms with Crippen molar-refractivity contribution in [3.63, 3.8) is 0 Å². The molecule has 0 atom stereocenters. The lowest BCUT2D eigenvalue weighted by Gasteiger charge is -2.10. The lowest BCUT2D eigenvalue weighted by atomic mass is 10.1. The lowest BCUT2D eigenvalue weighted by molar-refractivity contribution is -0.384. The van der Waals surface area contributed by atoms with Crippen molar-refractivity contribution in [2.24, 2.45) is 4.99 Å². The SMILES string of the molecule is Br.O=[N+]([O-])c1ccc(-c2csc(=Nc3cc(Cl)ccc3Cl)n2Cc2ccccc2)cc1. The summed E-state index contributed by atoms with van der Waals surface area (Å²) >= 11 is 13.9. The second-order valence-corrected chi connectivity index (χ2v) is 8.17. The topological polar surface area (TPSA) is 60.4 Å². The molecule has 0 fully saturated rings. The second-order valence-electron chi connectivity index (χ2n) is 6.49. The van der Waals surface area contributed by atoms with Crippen LogP contribution < -0.4 is 4.80 Å². The van der Waals surface area contributed by atoms with Crippen molar-refractivity contribution in [2.75, 3.05) is 0 Å². The van der Waals surface area contributed by atoms with Crippen molar-refractivity contribution in [3.05, 3.63) is 109 Å². The number of nitro benzene ring substituents is 1. The Kier molecular flexibility index (Phi) is 7.67. The highest BCUT2D eigenvalue weighted by Gasteiger charge is 2.12. The number of thiazole rings is 1. The van der Waals surface area contributed by atoms with E-state index < -0.39 is 4.92 Å². The maximum Gasteiger partial charge on any atom is 0.269 e. The van der Waals surface area contributed by atoms with Crippen molar-refractivity contribution >= 4 is 62.9 Å². The molecule has 0 radical (unpaired) electrons. The number of halogens is 3. The van der Waals surface area contributed by atoms with Crippen molar-refractivity contribution in [3.8, 4) is 11.3 Å². The van der Waals surface area contributed by atoms with E-state index in [1.165, 1.54) is 23.5 Å². The first-order valence-corrected chi connectivity index (χ1v) is 10.6. The molecule has 0 aliphatic rings.